The molecule has 0 aliphatic carbocycles. The molecular weight excluding hydrogens is 222 g/mol. The second-order valence-electron chi connectivity index (χ2n) is 5.81. The second kappa shape index (κ2) is 6.60. The van der Waals surface area contributed by atoms with Gasteiger partial charge in [-0.15, -0.1) is 0 Å². The third kappa shape index (κ3) is 8.11. The van der Waals surface area contributed by atoms with Gasteiger partial charge in [-0.2, -0.15) is 0 Å². The second-order valence-corrected chi connectivity index (χ2v) is 8.11. The maximum absolute atomic E-state index is 11.7. The summed E-state index contributed by atoms with van der Waals surface area (Å²) in [6, 6.07) is 0. The minimum atomic E-state index is -2.85. The molecule has 0 bridgehead atoms. The molecule has 0 fully saturated rings. The summed E-state index contributed by atoms with van der Waals surface area (Å²) in [5.74, 6) is 1.09. The summed E-state index contributed by atoms with van der Waals surface area (Å²) in [6.07, 6.45) is 2.37. The van der Waals surface area contributed by atoms with E-state index >= 15 is 0 Å². The van der Waals surface area contributed by atoms with Crippen LogP contribution in [0.2, 0.25) is 0 Å². The third-order valence-corrected chi connectivity index (χ3v) is 4.64. The van der Waals surface area contributed by atoms with Crippen LogP contribution in [0.4, 0.5) is 0 Å². The molecule has 0 saturated heterocycles. The molecule has 3 nitrogen and oxygen atoms in total. The van der Waals surface area contributed by atoms with Gasteiger partial charge in [-0.3, -0.25) is 0 Å². The SMILES string of the molecule is CC(C)CCS(=O)(=O)CCCC(C)(C)CN. The molecule has 0 aliphatic rings. The molecule has 0 aromatic heterocycles. The van der Waals surface area contributed by atoms with Gasteiger partial charge in [0, 0.05) is 0 Å². The van der Waals surface area contributed by atoms with Crippen molar-refractivity contribution in [1.29, 1.82) is 0 Å². The predicted octanol–water partition coefficient (Wildman–Crippen LogP) is 2.21. The van der Waals surface area contributed by atoms with Crippen LogP contribution in [0.1, 0.15) is 47.0 Å². The van der Waals surface area contributed by atoms with Gasteiger partial charge in [-0.05, 0) is 37.1 Å². The van der Waals surface area contributed by atoms with E-state index in [-0.39, 0.29) is 5.41 Å². The Kier molecular flexibility index (Phi) is 6.56. The van der Waals surface area contributed by atoms with Crippen molar-refractivity contribution in [3.05, 3.63) is 0 Å². The van der Waals surface area contributed by atoms with E-state index in [0.29, 0.717) is 24.0 Å². The van der Waals surface area contributed by atoms with Gasteiger partial charge in [0.2, 0.25) is 0 Å². The molecule has 0 aliphatic heterocycles. The largest absolute Gasteiger partial charge is 0.330 e. The summed E-state index contributed by atoms with van der Waals surface area (Å²) in [5.41, 5.74) is 5.67. The zero-order valence-electron chi connectivity index (χ0n) is 11.1. The zero-order valence-corrected chi connectivity index (χ0v) is 11.9. The first kappa shape index (κ1) is 15.9. The molecule has 2 N–H and O–H groups in total. The van der Waals surface area contributed by atoms with E-state index in [2.05, 4.69) is 13.8 Å². The number of hydrogen-bond acceptors (Lipinski definition) is 3. The van der Waals surface area contributed by atoms with Crippen molar-refractivity contribution >= 4 is 9.84 Å². The van der Waals surface area contributed by atoms with Crippen LogP contribution in [0, 0.1) is 11.3 Å². The van der Waals surface area contributed by atoms with Crippen LogP contribution in [0.5, 0.6) is 0 Å². The summed E-state index contributed by atoms with van der Waals surface area (Å²) >= 11 is 0. The monoisotopic (exact) mass is 249 g/mol. The lowest BCUT2D eigenvalue weighted by Gasteiger charge is -2.21. The molecule has 0 spiro atoms. The van der Waals surface area contributed by atoms with Crippen molar-refractivity contribution in [2.75, 3.05) is 18.1 Å². The molecule has 98 valence electrons. The Morgan fingerprint density at radius 3 is 2.19 bits per heavy atom. The fraction of sp³-hybridized carbons (Fsp3) is 1.00. The Morgan fingerprint density at radius 2 is 1.75 bits per heavy atom. The van der Waals surface area contributed by atoms with Crippen molar-refractivity contribution in [3.63, 3.8) is 0 Å². The maximum Gasteiger partial charge on any atom is 0.150 e. The van der Waals surface area contributed by atoms with Crippen LogP contribution < -0.4 is 5.73 Å². The van der Waals surface area contributed by atoms with Gasteiger partial charge in [0.05, 0.1) is 11.5 Å². The third-order valence-electron chi connectivity index (χ3n) is 2.87. The smallest absolute Gasteiger partial charge is 0.150 e. The molecule has 0 rings (SSSR count). The van der Waals surface area contributed by atoms with Crippen LogP contribution in [-0.4, -0.2) is 26.5 Å². The van der Waals surface area contributed by atoms with Crippen molar-refractivity contribution in [1.82, 2.24) is 0 Å². The first-order chi connectivity index (χ1) is 7.18. The maximum atomic E-state index is 11.7. The highest BCUT2D eigenvalue weighted by Crippen LogP contribution is 2.20. The van der Waals surface area contributed by atoms with Crippen LogP contribution in [0.3, 0.4) is 0 Å². The number of nitrogens with two attached hydrogens (primary N) is 1. The molecule has 0 atom stereocenters. The van der Waals surface area contributed by atoms with E-state index in [1.807, 2.05) is 13.8 Å². The summed E-state index contributed by atoms with van der Waals surface area (Å²) in [7, 11) is -2.85. The van der Waals surface area contributed by atoms with E-state index in [0.717, 1.165) is 19.3 Å². The molecular formula is C12H27NO2S. The van der Waals surface area contributed by atoms with E-state index in [9.17, 15) is 8.42 Å². The Bertz CT molecular complexity index is 281. The van der Waals surface area contributed by atoms with Crippen LogP contribution in [0.15, 0.2) is 0 Å². The Balaban J connectivity index is 3.92. The zero-order chi connectivity index (χ0) is 12.8. The topological polar surface area (TPSA) is 60.2 Å². The fourth-order valence-corrected chi connectivity index (χ4v) is 3.01. The summed E-state index contributed by atoms with van der Waals surface area (Å²) < 4.78 is 23.4. The van der Waals surface area contributed by atoms with Gasteiger partial charge in [-0.25, -0.2) is 8.42 Å². The average Bonchev–Trinajstić information content (AvgIpc) is 2.14. The molecule has 0 radical (unpaired) electrons. The Morgan fingerprint density at radius 1 is 1.19 bits per heavy atom. The normalized spacial score (nSPS) is 13.4. The molecule has 16 heavy (non-hydrogen) atoms. The summed E-state index contributed by atoms with van der Waals surface area (Å²) in [6.45, 7) is 8.86. The average molecular weight is 249 g/mol. The van der Waals surface area contributed by atoms with Crippen molar-refractivity contribution in [2.45, 2.75) is 47.0 Å². The first-order valence-electron chi connectivity index (χ1n) is 6.09. The Hall–Kier alpha value is -0.0900. The predicted molar refractivity (Wildman–Crippen MR) is 70.2 cm³/mol. The Labute approximate surface area is 101 Å². The van der Waals surface area contributed by atoms with Crippen molar-refractivity contribution in [2.24, 2.45) is 17.1 Å². The molecule has 0 heterocycles. The van der Waals surface area contributed by atoms with Gasteiger partial charge in [0.15, 0.2) is 0 Å². The highest BCUT2D eigenvalue weighted by Gasteiger charge is 2.17. The number of rotatable bonds is 8. The molecule has 0 aromatic carbocycles. The number of sulfone groups is 1. The van der Waals surface area contributed by atoms with Crippen molar-refractivity contribution in [3.8, 4) is 0 Å². The lowest BCUT2D eigenvalue weighted by molar-refractivity contribution is 0.344. The molecule has 0 aromatic rings. The van der Waals surface area contributed by atoms with Crippen LogP contribution >= 0.6 is 0 Å². The van der Waals surface area contributed by atoms with E-state index in [4.69, 9.17) is 5.73 Å². The minimum absolute atomic E-state index is 0.0631. The molecule has 0 unspecified atom stereocenters. The number of hydrogen-bond donors (Lipinski definition) is 1. The first-order valence-corrected chi connectivity index (χ1v) is 7.91. The lowest BCUT2D eigenvalue weighted by atomic mass is 9.88. The molecule has 0 amide bonds. The summed E-state index contributed by atoms with van der Waals surface area (Å²) in [5, 5.41) is 0. The van der Waals surface area contributed by atoms with Gasteiger partial charge in [-0.1, -0.05) is 27.7 Å². The van der Waals surface area contributed by atoms with Crippen molar-refractivity contribution < 1.29 is 8.42 Å². The molecule has 0 saturated carbocycles. The minimum Gasteiger partial charge on any atom is -0.330 e. The van der Waals surface area contributed by atoms with Gasteiger partial charge < -0.3 is 5.73 Å². The standard InChI is InChI=1S/C12H27NO2S/c1-11(2)6-9-16(14,15)8-5-7-12(3,4)10-13/h11H,5-10,13H2,1-4H3. The van der Waals surface area contributed by atoms with Gasteiger partial charge in [0.1, 0.15) is 9.84 Å². The summed E-state index contributed by atoms with van der Waals surface area (Å²) in [4.78, 5) is 0. The quantitative estimate of drug-likeness (QED) is 0.717. The molecule has 4 heteroatoms. The van der Waals surface area contributed by atoms with Crippen LogP contribution in [-0.2, 0) is 9.84 Å². The van der Waals surface area contributed by atoms with Gasteiger partial charge in [0.25, 0.3) is 0 Å². The van der Waals surface area contributed by atoms with Gasteiger partial charge >= 0.3 is 0 Å². The van der Waals surface area contributed by atoms with E-state index < -0.39 is 9.84 Å². The van der Waals surface area contributed by atoms with Crippen LogP contribution in [0.25, 0.3) is 0 Å². The highest BCUT2D eigenvalue weighted by molar-refractivity contribution is 7.91. The lowest BCUT2D eigenvalue weighted by Crippen LogP contribution is -2.24. The highest BCUT2D eigenvalue weighted by atomic mass is 32.2. The fourth-order valence-electron chi connectivity index (χ4n) is 1.39. The van der Waals surface area contributed by atoms with E-state index in [1.54, 1.807) is 0 Å². The van der Waals surface area contributed by atoms with E-state index in [1.165, 1.54) is 0 Å².